The first-order valence-electron chi connectivity index (χ1n) is 21.3. The van der Waals surface area contributed by atoms with Crippen LogP contribution < -0.4 is 24.8 Å². The Bertz CT molecular complexity index is 2320. The third-order valence-corrected chi connectivity index (χ3v) is 15.3. The summed E-state index contributed by atoms with van der Waals surface area (Å²) in [6.45, 7) is 0.717. The first-order chi connectivity index (χ1) is 30.5. The van der Waals surface area contributed by atoms with E-state index < -0.39 is 130 Å². The lowest BCUT2D eigenvalue weighted by Crippen LogP contribution is -2.60. The Hall–Kier alpha value is -4.93. The van der Waals surface area contributed by atoms with Crippen LogP contribution in [-0.4, -0.2) is 116 Å². The van der Waals surface area contributed by atoms with Gasteiger partial charge in [-0.1, -0.05) is 26.0 Å². The molecule has 1 aromatic carbocycles. The number of hydrogen-bond acceptors (Lipinski definition) is 11. The molecule has 0 bridgehead atoms. The number of nitrogens with one attached hydrogen (secondary N) is 3. The predicted octanol–water partition coefficient (Wildman–Crippen LogP) is 5.65. The maximum atomic E-state index is 14.9. The van der Waals surface area contributed by atoms with E-state index in [1.165, 1.54) is 19.2 Å². The standard InChI is InChI=1S/C42H50F7N5O10S/c1-23-7-4-5-8-25-18-40(25,36(57)53-65(59,60)38(21-43)12-13-38)52-33(55)31-17-27(63-34-28-10-9-26(61-3)16-29(28)30(19-50-34)41(44,45)46)20-54(31)35(56)32(24(2)15-23)51-37(58)64-39(42(47,48)49)11-6-14-62-22-39/h5,8-10,16,19,23-25,27,31-32H,4,6-7,11-15,17-18,20-22H2,1-3H3,(H,51,58)(H,52,55)(H,53,57). The molecule has 65 heavy (non-hydrogen) atoms. The highest BCUT2D eigenvalue weighted by molar-refractivity contribution is 7.91. The number of amides is 4. The number of nitrogens with zero attached hydrogens (tertiary/aromatic N) is 2. The van der Waals surface area contributed by atoms with Gasteiger partial charge in [0.25, 0.3) is 5.91 Å². The number of allylic oxidation sites excluding steroid dienone is 1. The fourth-order valence-electron chi connectivity index (χ4n) is 9.02. The van der Waals surface area contributed by atoms with Crippen molar-refractivity contribution in [2.45, 2.75) is 118 Å². The van der Waals surface area contributed by atoms with Gasteiger partial charge >= 0.3 is 18.4 Å². The quantitative estimate of drug-likeness (QED) is 0.208. The zero-order valence-electron chi connectivity index (χ0n) is 35.7. The van der Waals surface area contributed by atoms with E-state index in [4.69, 9.17) is 18.9 Å². The first-order valence-corrected chi connectivity index (χ1v) is 22.7. The molecule has 4 fully saturated rings. The van der Waals surface area contributed by atoms with Crippen LogP contribution in [0.1, 0.15) is 77.2 Å². The number of hydrogen-bond donors (Lipinski definition) is 3. The highest BCUT2D eigenvalue weighted by atomic mass is 32.2. The highest BCUT2D eigenvalue weighted by Gasteiger charge is 2.64. The number of benzene rings is 1. The number of pyridine rings is 1. The van der Waals surface area contributed by atoms with Crippen LogP contribution >= 0.6 is 0 Å². The van der Waals surface area contributed by atoms with Gasteiger partial charge in [0.05, 0.1) is 25.8 Å². The molecule has 2 saturated carbocycles. The van der Waals surface area contributed by atoms with Crippen LogP contribution in [-0.2, 0) is 40.1 Å². The van der Waals surface area contributed by atoms with Gasteiger partial charge in [0, 0.05) is 42.3 Å². The van der Waals surface area contributed by atoms with Crippen molar-refractivity contribution in [1.82, 2.24) is 25.2 Å². The predicted molar refractivity (Wildman–Crippen MR) is 215 cm³/mol. The molecule has 0 spiro atoms. The molecular formula is C42H50F7N5O10S. The van der Waals surface area contributed by atoms with Gasteiger partial charge in [-0.2, -0.15) is 26.3 Å². The summed E-state index contributed by atoms with van der Waals surface area (Å²) in [7, 11) is -3.29. The SMILES string of the molecule is COc1ccc2c(OC3CC4C(=O)NC5(C(=O)NS(=O)(=O)C6(CF)CC6)CC5C=CCCC(C)CC(C)C(NC(=O)OC5(C(F)(F)F)CCCOC5)C(=O)N4C3)ncc(C(F)(F)F)c2c1. The average Bonchev–Trinajstić information content (AvgIpc) is 4.15. The van der Waals surface area contributed by atoms with Crippen molar-refractivity contribution in [3.63, 3.8) is 0 Å². The number of sulfonamides is 1. The minimum atomic E-state index is -5.05. The van der Waals surface area contributed by atoms with Gasteiger partial charge in [0.1, 0.15) is 40.9 Å². The van der Waals surface area contributed by atoms with E-state index in [9.17, 15) is 58.3 Å². The summed E-state index contributed by atoms with van der Waals surface area (Å²) in [5.74, 6) is -5.06. The van der Waals surface area contributed by atoms with E-state index >= 15 is 0 Å². The number of fused-ring (bicyclic) bond motifs is 3. The van der Waals surface area contributed by atoms with Crippen molar-refractivity contribution in [1.29, 1.82) is 0 Å². The number of carbonyl (C=O) groups is 4. The summed E-state index contributed by atoms with van der Waals surface area (Å²) in [5.41, 5.74) is -6.02. The van der Waals surface area contributed by atoms with Gasteiger partial charge < -0.3 is 34.5 Å². The fourth-order valence-corrected chi connectivity index (χ4v) is 10.4. The number of alkyl carbamates (subject to hydrolysis) is 1. The van der Waals surface area contributed by atoms with Crippen molar-refractivity contribution in [3.05, 3.63) is 42.1 Å². The molecule has 2 aliphatic carbocycles. The number of halogens is 7. The summed E-state index contributed by atoms with van der Waals surface area (Å²) in [6, 6.07) is 0.577. The number of alkyl halides is 7. The molecule has 1 aromatic heterocycles. The Balaban J connectivity index is 1.25. The van der Waals surface area contributed by atoms with E-state index in [0.29, 0.717) is 19.0 Å². The van der Waals surface area contributed by atoms with E-state index in [0.717, 1.165) is 11.0 Å². The average molecular weight is 950 g/mol. The summed E-state index contributed by atoms with van der Waals surface area (Å²) < 4.78 is 148. The summed E-state index contributed by atoms with van der Waals surface area (Å²) in [4.78, 5) is 61.9. The van der Waals surface area contributed by atoms with Crippen LogP contribution in [0.4, 0.5) is 35.5 Å². The summed E-state index contributed by atoms with van der Waals surface area (Å²) in [5, 5.41) is 4.51. The number of carbonyl (C=O) groups excluding carboxylic acids is 4. The molecule has 7 rings (SSSR count). The Morgan fingerprint density at radius 2 is 1.80 bits per heavy atom. The van der Waals surface area contributed by atoms with Crippen molar-refractivity contribution in [3.8, 4) is 11.6 Å². The van der Waals surface area contributed by atoms with Crippen LogP contribution in [0.25, 0.3) is 10.8 Å². The van der Waals surface area contributed by atoms with Crippen LogP contribution in [0.3, 0.4) is 0 Å². The van der Waals surface area contributed by atoms with Crippen molar-refractivity contribution in [2.75, 3.05) is 33.5 Å². The first kappa shape index (κ1) is 48.0. The van der Waals surface area contributed by atoms with Crippen LogP contribution in [0, 0.1) is 17.8 Å². The van der Waals surface area contributed by atoms with Crippen molar-refractivity contribution in [2.24, 2.45) is 17.8 Å². The molecule has 4 heterocycles. The lowest BCUT2D eigenvalue weighted by Gasteiger charge is -2.38. The Morgan fingerprint density at radius 1 is 1.06 bits per heavy atom. The van der Waals surface area contributed by atoms with Crippen LogP contribution in [0.5, 0.6) is 11.6 Å². The second-order valence-electron chi connectivity index (χ2n) is 17.9. The number of methoxy groups -OCH3 is 1. The highest BCUT2D eigenvalue weighted by Crippen LogP contribution is 2.48. The second kappa shape index (κ2) is 17.7. The lowest BCUT2D eigenvalue weighted by atomic mass is 9.88. The molecule has 358 valence electrons. The number of ether oxygens (including phenoxy) is 4. The fraction of sp³-hybridized carbons (Fsp3) is 0.643. The normalized spacial score (nSPS) is 30.8. The van der Waals surface area contributed by atoms with Gasteiger partial charge in [-0.05, 0) is 75.0 Å². The smallest absolute Gasteiger partial charge is 0.430 e. The summed E-state index contributed by atoms with van der Waals surface area (Å²) in [6.07, 6.45) is -8.83. The van der Waals surface area contributed by atoms with Gasteiger partial charge in [-0.25, -0.2) is 22.6 Å². The summed E-state index contributed by atoms with van der Waals surface area (Å²) >= 11 is 0. The molecule has 8 atom stereocenters. The topological polar surface area (TPSA) is 192 Å². The largest absolute Gasteiger partial charge is 0.497 e. The Morgan fingerprint density at radius 3 is 2.43 bits per heavy atom. The minimum absolute atomic E-state index is 0.000434. The lowest BCUT2D eigenvalue weighted by molar-refractivity contribution is -0.285. The third kappa shape index (κ3) is 9.53. The maximum absolute atomic E-state index is 14.9. The second-order valence-corrected chi connectivity index (χ2v) is 20.0. The third-order valence-electron chi connectivity index (χ3n) is 13.2. The monoisotopic (exact) mass is 949 g/mol. The molecule has 0 radical (unpaired) electrons. The van der Waals surface area contributed by atoms with Gasteiger partial charge in [0.2, 0.25) is 33.3 Å². The van der Waals surface area contributed by atoms with Gasteiger partial charge in [0.15, 0.2) is 0 Å². The van der Waals surface area contributed by atoms with Crippen molar-refractivity contribution >= 4 is 44.6 Å². The molecule has 8 unspecified atom stereocenters. The molecule has 4 amide bonds. The molecule has 2 aromatic rings. The zero-order chi connectivity index (χ0) is 47.3. The molecule has 3 N–H and O–H groups in total. The van der Waals surface area contributed by atoms with Crippen molar-refractivity contribution < 1.29 is 77.3 Å². The Labute approximate surface area is 369 Å². The molecule has 23 heteroatoms. The molecule has 3 aliphatic heterocycles. The molecule has 5 aliphatic rings. The molecular weight excluding hydrogens is 900 g/mol. The van der Waals surface area contributed by atoms with Crippen LogP contribution in [0.15, 0.2) is 36.5 Å². The Kier molecular flexibility index (Phi) is 13.1. The van der Waals surface area contributed by atoms with Gasteiger partial charge in [-0.3, -0.25) is 19.1 Å². The van der Waals surface area contributed by atoms with E-state index in [1.54, 1.807) is 19.1 Å². The van der Waals surface area contributed by atoms with E-state index in [1.807, 2.05) is 11.6 Å². The number of rotatable bonds is 9. The van der Waals surface area contributed by atoms with E-state index in [-0.39, 0.29) is 67.0 Å². The van der Waals surface area contributed by atoms with Crippen LogP contribution in [0.2, 0.25) is 0 Å². The molecule has 15 nitrogen and oxygen atoms in total. The maximum Gasteiger partial charge on any atom is 0.430 e. The minimum Gasteiger partial charge on any atom is -0.497 e. The zero-order valence-corrected chi connectivity index (χ0v) is 36.5. The number of aromatic nitrogens is 1. The molecule has 2 saturated heterocycles. The van der Waals surface area contributed by atoms with Gasteiger partial charge in [-0.15, -0.1) is 0 Å². The van der Waals surface area contributed by atoms with E-state index in [2.05, 4.69) is 15.6 Å².